The van der Waals surface area contributed by atoms with Gasteiger partial charge in [0.25, 0.3) is 0 Å². The number of aromatic carboxylic acids is 1. The van der Waals surface area contributed by atoms with Gasteiger partial charge in [0.05, 0.1) is 18.4 Å². The predicted molar refractivity (Wildman–Crippen MR) is 83.6 cm³/mol. The lowest BCUT2D eigenvalue weighted by Gasteiger charge is -2.09. The molecule has 0 saturated heterocycles. The number of aryl methyl sites for hydroxylation is 2. The van der Waals surface area contributed by atoms with E-state index in [1.807, 2.05) is 32.2 Å². The first kappa shape index (κ1) is 14.1. The van der Waals surface area contributed by atoms with Gasteiger partial charge in [-0.05, 0) is 49.2 Å². The van der Waals surface area contributed by atoms with Crippen molar-refractivity contribution in [2.75, 3.05) is 7.11 Å². The van der Waals surface area contributed by atoms with Crippen LogP contribution in [0.1, 0.15) is 21.5 Å². The zero-order chi connectivity index (χ0) is 15.9. The minimum absolute atomic E-state index is 0.236. The molecule has 3 aromatic rings. The Labute approximate surface area is 127 Å². The minimum Gasteiger partial charge on any atom is -0.497 e. The van der Waals surface area contributed by atoms with Crippen LogP contribution in [0.5, 0.6) is 5.75 Å². The molecule has 0 radical (unpaired) electrons. The number of ether oxygens (including phenoxy) is 1. The Kier molecular flexibility index (Phi) is 3.33. The lowest BCUT2D eigenvalue weighted by atomic mass is 10.00. The van der Waals surface area contributed by atoms with Crippen LogP contribution in [0.2, 0.25) is 0 Å². The van der Waals surface area contributed by atoms with Gasteiger partial charge in [-0.25, -0.2) is 9.78 Å². The van der Waals surface area contributed by atoms with Gasteiger partial charge in [0.15, 0.2) is 0 Å². The summed E-state index contributed by atoms with van der Waals surface area (Å²) in [5.74, 6) is -0.135. The number of rotatable bonds is 3. The molecule has 2 heterocycles. The molecule has 0 fully saturated rings. The summed E-state index contributed by atoms with van der Waals surface area (Å²) in [4.78, 5) is 15.6. The first-order valence-corrected chi connectivity index (χ1v) is 6.87. The lowest BCUT2D eigenvalue weighted by Crippen LogP contribution is -1.97. The first-order valence-electron chi connectivity index (χ1n) is 6.87. The zero-order valence-electron chi connectivity index (χ0n) is 12.6. The van der Waals surface area contributed by atoms with E-state index >= 15 is 0 Å². The molecule has 0 amide bonds. The molecule has 3 rings (SSSR count). The highest BCUT2D eigenvalue weighted by Crippen LogP contribution is 2.30. The van der Waals surface area contributed by atoms with E-state index in [0.717, 1.165) is 33.8 Å². The third-order valence-corrected chi connectivity index (χ3v) is 3.70. The molecule has 0 saturated carbocycles. The Bertz CT molecular complexity index is 858. The van der Waals surface area contributed by atoms with Gasteiger partial charge in [-0.3, -0.25) is 0 Å². The van der Waals surface area contributed by atoms with Crippen LogP contribution in [0, 0.1) is 13.8 Å². The van der Waals surface area contributed by atoms with Crippen LogP contribution in [0.25, 0.3) is 16.9 Å². The molecule has 112 valence electrons. The Morgan fingerprint density at radius 2 is 1.86 bits per heavy atom. The fraction of sp³-hybridized carbons (Fsp3) is 0.176. The molecule has 0 aliphatic carbocycles. The van der Waals surface area contributed by atoms with Crippen molar-refractivity contribution >= 4 is 11.6 Å². The number of nitrogens with zero attached hydrogens (tertiary/aromatic N) is 2. The number of carbonyl (C=O) groups is 1. The Morgan fingerprint density at radius 1 is 1.18 bits per heavy atom. The minimum atomic E-state index is -0.950. The third-order valence-electron chi connectivity index (χ3n) is 3.70. The summed E-state index contributed by atoms with van der Waals surface area (Å²) in [5, 5.41) is 9.07. The fourth-order valence-corrected chi connectivity index (χ4v) is 2.68. The van der Waals surface area contributed by atoms with Crippen LogP contribution < -0.4 is 4.74 Å². The Morgan fingerprint density at radius 3 is 2.45 bits per heavy atom. The van der Waals surface area contributed by atoms with Crippen LogP contribution in [-0.2, 0) is 0 Å². The van der Waals surface area contributed by atoms with E-state index < -0.39 is 5.97 Å². The molecule has 1 aromatic carbocycles. The smallest absolute Gasteiger partial charge is 0.337 e. The number of hydrogen-bond donors (Lipinski definition) is 1. The van der Waals surface area contributed by atoms with E-state index in [1.54, 1.807) is 29.8 Å². The SMILES string of the molecule is COc1cc(C)c(-c2cn3cc(C(=O)O)ccc3n2)c(C)c1. The van der Waals surface area contributed by atoms with E-state index in [0.29, 0.717) is 0 Å². The van der Waals surface area contributed by atoms with Gasteiger partial charge in [-0.15, -0.1) is 0 Å². The molecule has 1 N–H and O–H groups in total. The number of methoxy groups -OCH3 is 1. The van der Waals surface area contributed by atoms with Crippen molar-refractivity contribution in [1.29, 1.82) is 0 Å². The summed E-state index contributed by atoms with van der Waals surface area (Å²) in [6, 6.07) is 7.20. The zero-order valence-corrected chi connectivity index (χ0v) is 12.6. The van der Waals surface area contributed by atoms with E-state index in [4.69, 9.17) is 9.84 Å². The fourth-order valence-electron chi connectivity index (χ4n) is 2.68. The number of benzene rings is 1. The maximum atomic E-state index is 11.1. The number of fused-ring (bicyclic) bond motifs is 1. The van der Waals surface area contributed by atoms with Crippen LogP contribution in [0.4, 0.5) is 0 Å². The van der Waals surface area contributed by atoms with Crippen molar-refractivity contribution in [2.24, 2.45) is 0 Å². The summed E-state index contributed by atoms with van der Waals surface area (Å²) in [5.41, 5.74) is 4.95. The van der Waals surface area contributed by atoms with Crippen molar-refractivity contribution in [1.82, 2.24) is 9.38 Å². The van der Waals surface area contributed by atoms with Gasteiger partial charge in [0, 0.05) is 18.0 Å². The quantitative estimate of drug-likeness (QED) is 0.805. The number of imidazole rings is 1. The molecule has 0 unspecified atom stereocenters. The molecular formula is C17H16N2O3. The van der Waals surface area contributed by atoms with E-state index in [9.17, 15) is 4.79 Å². The molecule has 2 aromatic heterocycles. The second-order valence-corrected chi connectivity index (χ2v) is 5.25. The highest BCUT2D eigenvalue weighted by molar-refractivity contribution is 5.87. The maximum Gasteiger partial charge on any atom is 0.337 e. The van der Waals surface area contributed by atoms with Crippen molar-refractivity contribution in [3.8, 4) is 17.0 Å². The van der Waals surface area contributed by atoms with Gasteiger partial charge in [0.2, 0.25) is 0 Å². The monoisotopic (exact) mass is 296 g/mol. The van der Waals surface area contributed by atoms with E-state index in [-0.39, 0.29) is 5.56 Å². The van der Waals surface area contributed by atoms with Gasteiger partial charge in [0.1, 0.15) is 11.4 Å². The topological polar surface area (TPSA) is 63.8 Å². The normalized spacial score (nSPS) is 10.9. The molecule has 5 heteroatoms. The van der Waals surface area contributed by atoms with Crippen molar-refractivity contribution in [3.05, 3.63) is 53.3 Å². The lowest BCUT2D eigenvalue weighted by molar-refractivity contribution is 0.0696. The van der Waals surface area contributed by atoms with Crippen molar-refractivity contribution in [3.63, 3.8) is 0 Å². The highest BCUT2D eigenvalue weighted by atomic mass is 16.5. The van der Waals surface area contributed by atoms with Crippen LogP contribution in [0.3, 0.4) is 0 Å². The van der Waals surface area contributed by atoms with Crippen LogP contribution in [0.15, 0.2) is 36.7 Å². The molecular weight excluding hydrogens is 280 g/mol. The average Bonchev–Trinajstić information content (AvgIpc) is 2.88. The highest BCUT2D eigenvalue weighted by Gasteiger charge is 2.13. The molecule has 5 nitrogen and oxygen atoms in total. The maximum absolute atomic E-state index is 11.1. The summed E-state index contributed by atoms with van der Waals surface area (Å²) in [7, 11) is 1.65. The number of pyridine rings is 1. The van der Waals surface area contributed by atoms with Crippen LogP contribution >= 0.6 is 0 Å². The number of aromatic nitrogens is 2. The predicted octanol–water partition coefficient (Wildman–Crippen LogP) is 3.32. The van der Waals surface area contributed by atoms with Crippen LogP contribution in [-0.4, -0.2) is 27.6 Å². The van der Waals surface area contributed by atoms with Gasteiger partial charge < -0.3 is 14.2 Å². The van der Waals surface area contributed by atoms with Gasteiger partial charge >= 0.3 is 5.97 Å². The molecule has 0 atom stereocenters. The molecule has 0 spiro atoms. The number of hydrogen-bond acceptors (Lipinski definition) is 3. The number of carboxylic acids is 1. The van der Waals surface area contributed by atoms with E-state index in [1.165, 1.54) is 0 Å². The van der Waals surface area contributed by atoms with Gasteiger partial charge in [-0.2, -0.15) is 0 Å². The largest absolute Gasteiger partial charge is 0.497 e. The summed E-state index contributed by atoms with van der Waals surface area (Å²) in [6.45, 7) is 4.02. The average molecular weight is 296 g/mol. The first-order chi connectivity index (χ1) is 10.5. The molecule has 0 aliphatic heterocycles. The van der Waals surface area contributed by atoms with Crippen molar-refractivity contribution < 1.29 is 14.6 Å². The second-order valence-electron chi connectivity index (χ2n) is 5.25. The summed E-state index contributed by atoms with van der Waals surface area (Å²) >= 11 is 0. The molecule has 0 bridgehead atoms. The molecule has 0 aliphatic rings. The Balaban J connectivity index is 2.16. The summed E-state index contributed by atoms with van der Waals surface area (Å²) < 4.78 is 7.01. The van der Waals surface area contributed by atoms with Crippen molar-refractivity contribution in [2.45, 2.75) is 13.8 Å². The number of carboxylic acid groups (broad SMARTS) is 1. The van der Waals surface area contributed by atoms with E-state index in [2.05, 4.69) is 4.98 Å². The molecule has 22 heavy (non-hydrogen) atoms. The third kappa shape index (κ3) is 2.30. The standard InChI is InChI=1S/C17H16N2O3/c1-10-6-13(22-3)7-11(2)16(10)14-9-19-8-12(17(20)21)4-5-15(19)18-14/h4-9H,1-3H3,(H,20,21). The van der Waals surface area contributed by atoms with Gasteiger partial charge in [-0.1, -0.05) is 0 Å². The second kappa shape index (κ2) is 5.18. The Hall–Kier alpha value is -2.82. The summed E-state index contributed by atoms with van der Waals surface area (Å²) in [6.07, 6.45) is 3.42.